The van der Waals surface area contributed by atoms with Crippen LogP contribution in [0.15, 0.2) is 60.9 Å². The summed E-state index contributed by atoms with van der Waals surface area (Å²) in [6.07, 6.45) is 1.29. The number of ether oxygens (including phenoxy) is 1. The van der Waals surface area contributed by atoms with E-state index in [0.29, 0.717) is 22.9 Å². The third-order valence-corrected chi connectivity index (χ3v) is 3.37. The number of nitrogens with one attached hydrogen (secondary N) is 2. The van der Waals surface area contributed by atoms with E-state index < -0.39 is 5.91 Å². The number of carbonyl (C=O) groups excluding carboxylic acids is 1. The van der Waals surface area contributed by atoms with Gasteiger partial charge in [-0.3, -0.25) is 4.79 Å². The topological polar surface area (TPSA) is 76.1 Å². The minimum absolute atomic E-state index is 0.178. The molecule has 0 radical (unpaired) electrons. The molecule has 0 fully saturated rings. The lowest BCUT2D eigenvalue weighted by Crippen LogP contribution is -2.14. The predicted octanol–water partition coefficient (Wildman–Crippen LogP) is 3.62. The third-order valence-electron chi connectivity index (χ3n) is 3.37. The number of carbonyl (C=O) groups is 1. The van der Waals surface area contributed by atoms with Crippen LogP contribution in [0.25, 0.3) is 0 Å². The molecule has 7 heteroatoms. The summed E-state index contributed by atoms with van der Waals surface area (Å²) in [7, 11) is 1.57. The summed E-state index contributed by atoms with van der Waals surface area (Å²) in [5.41, 5.74) is 1.37. The average molecular weight is 338 g/mol. The number of aromatic nitrogens is 2. The van der Waals surface area contributed by atoms with Gasteiger partial charge in [0.2, 0.25) is 0 Å². The molecule has 1 heterocycles. The molecule has 1 amide bonds. The highest BCUT2D eigenvalue weighted by atomic mass is 19.1. The maximum Gasteiger partial charge on any atom is 0.274 e. The van der Waals surface area contributed by atoms with Gasteiger partial charge < -0.3 is 15.4 Å². The van der Waals surface area contributed by atoms with E-state index in [1.165, 1.54) is 36.7 Å². The largest absolute Gasteiger partial charge is 0.495 e. The maximum absolute atomic E-state index is 12.9. The quantitative estimate of drug-likeness (QED) is 0.743. The molecule has 25 heavy (non-hydrogen) atoms. The molecular formula is C18H15FN4O2. The van der Waals surface area contributed by atoms with Crippen LogP contribution in [0.3, 0.4) is 0 Å². The van der Waals surface area contributed by atoms with Crippen LogP contribution in [0, 0.1) is 5.82 Å². The van der Waals surface area contributed by atoms with Crippen molar-refractivity contribution >= 4 is 23.1 Å². The first kappa shape index (κ1) is 16.4. The van der Waals surface area contributed by atoms with Crippen LogP contribution in [0.4, 0.5) is 21.6 Å². The van der Waals surface area contributed by atoms with Crippen molar-refractivity contribution in [3.05, 3.63) is 72.4 Å². The van der Waals surface area contributed by atoms with E-state index in [9.17, 15) is 9.18 Å². The van der Waals surface area contributed by atoms with Crippen LogP contribution >= 0.6 is 0 Å². The highest BCUT2D eigenvalue weighted by Crippen LogP contribution is 2.26. The number of halogens is 1. The number of nitrogens with zero attached hydrogens (tertiary/aromatic N) is 2. The molecule has 0 aliphatic rings. The van der Waals surface area contributed by atoms with E-state index in [1.807, 2.05) is 24.3 Å². The minimum Gasteiger partial charge on any atom is -0.495 e. The Morgan fingerprint density at radius 2 is 1.84 bits per heavy atom. The summed E-state index contributed by atoms with van der Waals surface area (Å²) in [6, 6.07) is 14.4. The summed E-state index contributed by atoms with van der Waals surface area (Å²) in [6.45, 7) is 0. The Morgan fingerprint density at radius 1 is 1.08 bits per heavy atom. The second-order valence-corrected chi connectivity index (χ2v) is 5.07. The van der Waals surface area contributed by atoms with E-state index in [4.69, 9.17) is 4.74 Å². The normalized spacial score (nSPS) is 10.2. The van der Waals surface area contributed by atoms with Gasteiger partial charge in [-0.05, 0) is 36.4 Å². The van der Waals surface area contributed by atoms with Gasteiger partial charge in [-0.2, -0.15) is 0 Å². The molecule has 0 spiro atoms. The lowest BCUT2D eigenvalue weighted by Gasteiger charge is -2.10. The van der Waals surface area contributed by atoms with Gasteiger partial charge in [-0.15, -0.1) is 0 Å². The Balaban J connectivity index is 1.76. The molecule has 0 saturated carbocycles. The van der Waals surface area contributed by atoms with Gasteiger partial charge in [-0.25, -0.2) is 14.4 Å². The van der Waals surface area contributed by atoms with Crippen molar-refractivity contribution in [2.24, 2.45) is 0 Å². The fraction of sp³-hybridized carbons (Fsp3) is 0.0556. The lowest BCUT2D eigenvalue weighted by molar-refractivity contribution is 0.102. The standard InChI is InChI=1S/C18H15FN4O2/c1-25-16-5-3-2-4-14(16)23-17-10-15(20-11-21-17)18(24)22-13-8-6-12(19)7-9-13/h2-11H,1H3,(H,22,24)(H,20,21,23). The van der Waals surface area contributed by atoms with Gasteiger partial charge in [0.25, 0.3) is 5.91 Å². The van der Waals surface area contributed by atoms with Crippen molar-refractivity contribution in [3.8, 4) is 5.75 Å². The van der Waals surface area contributed by atoms with Gasteiger partial charge in [0, 0.05) is 11.8 Å². The highest BCUT2D eigenvalue weighted by Gasteiger charge is 2.10. The summed E-state index contributed by atoms with van der Waals surface area (Å²) < 4.78 is 18.2. The van der Waals surface area contributed by atoms with Gasteiger partial charge in [0.05, 0.1) is 12.8 Å². The van der Waals surface area contributed by atoms with E-state index in [-0.39, 0.29) is 11.5 Å². The summed E-state index contributed by atoms with van der Waals surface area (Å²) >= 11 is 0. The van der Waals surface area contributed by atoms with Crippen LogP contribution < -0.4 is 15.4 Å². The van der Waals surface area contributed by atoms with Crippen LogP contribution in [0.5, 0.6) is 5.75 Å². The Bertz CT molecular complexity index is 884. The van der Waals surface area contributed by atoms with Crippen molar-refractivity contribution in [2.45, 2.75) is 0 Å². The van der Waals surface area contributed by atoms with Gasteiger partial charge >= 0.3 is 0 Å². The summed E-state index contributed by atoms with van der Waals surface area (Å²) in [5.74, 6) is 0.308. The molecule has 0 aliphatic heterocycles. The smallest absolute Gasteiger partial charge is 0.274 e. The van der Waals surface area contributed by atoms with Crippen LogP contribution in [0.1, 0.15) is 10.5 Å². The molecule has 0 atom stereocenters. The highest BCUT2D eigenvalue weighted by molar-refractivity contribution is 6.03. The predicted molar refractivity (Wildman–Crippen MR) is 92.7 cm³/mol. The van der Waals surface area contributed by atoms with E-state index in [1.54, 1.807) is 7.11 Å². The molecule has 0 saturated heterocycles. The molecule has 0 bridgehead atoms. The van der Waals surface area contributed by atoms with E-state index in [2.05, 4.69) is 20.6 Å². The first-order chi connectivity index (χ1) is 12.2. The average Bonchev–Trinajstić information content (AvgIpc) is 2.64. The van der Waals surface area contributed by atoms with Crippen molar-refractivity contribution in [3.63, 3.8) is 0 Å². The summed E-state index contributed by atoms with van der Waals surface area (Å²) in [4.78, 5) is 20.4. The molecule has 0 aliphatic carbocycles. The number of benzene rings is 2. The van der Waals surface area contributed by atoms with Crippen molar-refractivity contribution in [1.82, 2.24) is 9.97 Å². The molecule has 3 aromatic rings. The third kappa shape index (κ3) is 4.08. The molecule has 3 rings (SSSR count). The number of hydrogen-bond acceptors (Lipinski definition) is 5. The van der Waals surface area contributed by atoms with E-state index >= 15 is 0 Å². The van der Waals surface area contributed by atoms with Gasteiger partial charge in [0.15, 0.2) is 0 Å². The monoisotopic (exact) mass is 338 g/mol. The Hall–Kier alpha value is -3.48. The molecule has 2 aromatic carbocycles. The Labute approximate surface area is 143 Å². The zero-order valence-corrected chi connectivity index (χ0v) is 13.4. The SMILES string of the molecule is COc1ccccc1Nc1cc(C(=O)Nc2ccc(F)cc2)ncn1. The van der Waals surface area contributed by atoms with Crippen molar-refractivity contribution in [2.75, 3.05) is 17.7 Å². The minimum atomic E-state index is -0.419. The first-order valence-electron chi connectivity index (χ1n) is 7.45. The second-order valence-electron chi connectivity index (χ2n) is 5.07. The maximum atomic E-state index is 12.9. The van der Waals surface area contributed by atoms with Gasteiger partial charge in [-0.1, -0.05) is 12.1 Å². The molecule has 126 valence electrons. The zero-order chi connectivity index (χ0) is 17.6. The molecule has 1 aromatic heterocycles. The van der Waals surface area contributed by atoms with Gasteiger partial charge in [0.1, 0.15) is 29.4 Å². The zero-order valence-electron chi connectivity index (χ0n) is 13.4. The summed E-state index contributed by atoms with van der Waals surface area (Å²) in [5, 5.41) is 5.74. The number of anilines is 3. The van der Waals surface area contributed by atoms with Crippen molar-refractivity contribution < 1.29 is 13.9 Å². The molecular weight excluding hydrogens is 323 g/mol. The van der Waals surface area contributed by atoms with Crippen LogP contribution in [0.2, 0.25) is 0 Å². The lowest BCUT2D eigenvalue weighted by atomic mass is 10.2. The van der Waals surface area contributed by atoms with Crippen molar-refractivity contribution in [1.29, 1.82) is 0 Å². The Kier molecular flexibility index (Phi) is 4.84. The number of para-hydroxylation sites is 2. The number of rotatable bonds is 5. The number of methoxy groups -OCH3 is 1. The fourth-order valence-electron chi connectivity index (χ4n) is 2.16. The second kappa shape index (κ2) is 7.39. The molecule has 0 unspecified atom stereocenters. The van der Waals surface area contributed by atoms with Crippen LogP contribution in [-0.4, -0.2) is 23.0 Å². The van der Waals surface area contributed by atoms with Crippen LogP contribution in [-0.2, 0) is 0 Å². The fourth-order valence-corrected chi connectivity index (χ4v) is 2.16. The molecule has 6 nitrogen and oxygen atoms in total. The van der Waals surface area contributed by atoms with E-state index in [0.717, 1.165) is 0 Å². The number of hydrogen-bond donors (Lipinski definition) is 2. The Morgan fingerprint density at radius 3 is 2.60 bits per heavy atom. The first-order valence-corrected chi connectivity index (χ1v) is 7.45. The number of amides is 1. The molecule has 2 N–H and O–H groups in total.